The van der Waals surface area contributed by atoms with Gasteiger partial charge in [0.15, 0.2) is 0 Å². The van der Waals surface area contributed by atoms with Gasteiger partial charge < -0.3 is 9.80 Å². The van der Waals surface area contributed by atoms with Crippen LogP contribution in [0.4, 0.5) is 34.1 Å². The monoisotopic (exact) mass is 877 g/mol. The molecule has 2 nitrogen and oxygen atoms in total. The first-order valence-electron chi connectivity index (χ1n) is 26.3. The Kier molecular flexibility index (Phi) is 11.0. The first kappa shape index (κ1) is 42.5. The van der Waals surface area contributed by atoms with Gasteiger partial charge in [0.1, 0.15) is 0 Å². The summed E-state index contributed by atoms with van der Waals surface area (Å²) in [5.74, 6) is 1.58. The maximum atomic E-state index is 2.64. The smallest absolute Gasteiger partial charge is 0.0546 e. The zero-order valence-electron chi connectivity index (χ0n) is 40.8. The van der Waals surface area contributed by atoms with Gasteiger partial charge in [0.2, 0.25) is 0 Å². The van der Waals surface area contributed by atoms with Crippen molar-refractivity contribution in [2.45, 2.75) is 137 Å². The molecule has 12 rings (SSSR count). The Bertz CT molecular complexity index is 3240. The fourth-order valence-corrected chi connectivity index (χ4v) is 12.9. The fraction of sp³-hybridized carbons (Fsp3) is 0.354. The third-order valence-electron chi connectivity index (χ3n) is 17.2. The van der Waals surface area contributed by atoms with Gasteiger partial charge in [-0.3, -0.25) is 0 Å². The summed E-state index contributed by atoms with van der Waals surface area (Å²) >= 11 is 0. The Morgan fingerprint density at radius 3 is 1.22 bits per heavy atom. The molecule has 4 aliphatic carbocycles. The molecule has 8 aromatic rings. The molecule has 0 amide bonds. The van der Waals surface area contributed by atoms with E-state index < -0.39 is 0 Å². The molecule has 0 spiro atoms. The van der Waals surface area contributed by atoms with Crippen molar-refractivity contribution in [3.63, 3.8) is 0 Å². The molecule has 2 unspecified atom stereocenters. The van der Waals surface area contributed by atoms with Crippen LogP contribution in [0.1, 0.15) is 126 Å². The summed E-state index contributed by atoms with van der Waals surface area (Å²) in [6.45, 7) is 11.6. The lowest BCUT2D eigenvalue weighted by molar-refractivity contribution is 0.445. The molecule has 2 atom stereocenters. The van der Waals surface area contributed by atoms with Gasteiger partial charge in [0.05, 0.1) is 11.4 Å². The van der Waals surface area contributed by atoms with Crippen LogP contribution in [0.2, 0.25) is 0 Å². The lowest BCUT2D eigenvalue weighted by Crippen LogP contribution is -2.17. The van der Waals surface area contributed by atoms with Gasteiger partial charge in [-0.2, -0.15) is 0 Å². The second-order valence-corrected chi connectivity index (χ2v) is 21.3. The normalized spacial score (nSPS) is 17.8. The second-order valence-electron chi connectivity index (χ2n) is 21.3. The number of hydrogen-bond donors (Lipinski definition) is 0. The van der Waals surface area contributed by atoms with Crippen molar-refractivity contribution in [2.75, 3.05) is 9.80 Å². The van der Waals surface area contributed by atoms with Crippen LogP contribution >= 0.6 is 0 Å². The first-order chi connectivity index (χ1) is 32.8. The number of nitrogens with zero attached hydrogens (tertiary/aromatic N) is 2. The molecule has 0 saturated heterocycles. The summed E-state index contributed by atoms with van der Waals surface area (Å²) < 4.78 is 0. The number of hydrogen-bond acceptors (Lipinski definition) is 2. The number of anilines is 6. The average molecular weight is 877 g/mol. The average Bonchev–Trinajstić information content (AvgIpc) is 3.36. The maximum absolute atomic E-state index is 2.64. The van der Waals surface area contributed by atoms with Crippen LogP contribution in [-0.4, -0.2) is 0 Å². The van der Waals surface area contributed by atoms with E-state index in [0.717, 1.165) is 37.5 Å². The van der Waals surface area contributed by atoms with E-state index in [-0.39, 0.29) is 0 Å². The Labute approximate surface area is 400 Å². The van der Waals surface area contributed by atoms with E-state index in [1.807, 2.05) is 0 Å². The molecule has 0 bridgehead atoms. The highest BCUT2D eigenvalue weighted by Gasteiger charge is 2.27. The van der Waals surface area contributed by atoms with Crippen molar-refractivity contribution in [3.8, 4) is 0 Å². The molecule has 0 heterocycles. The van der Waals surface area contributed by atoms with E-state index in [0.29, 0.717) is 0 Å². The highest BCUT2D eigenvalue weighted by atomic mass is 15.2. The predicted molar refractivity (Wildman–Crippen MR) is 287 cm³/mol. The Hall–Kier alpha value is -5.86. The molecular formula is C65H68N2. The number of aryl methyl sites for hydroxylation is 9. The molecular weight excluding hydrogens is 809 g/mol. The molecule has 8 aromatic carbocycles. The number of fused-ring (bicyclic) bond motifs is 9. The summed E-state index contributed by atoms with van der Waals surface area (Å²) in [7, 11) is 0. The van der Waals surface area contributed by atoms with Crippen molar-refractivity contribution < 1.29 is 0 Å². The Balaban J connectivity index is 1.13. The minimum atomic E-state index is 0.788. The number of benzene rings is 8. The zero-order valence-corrected chi connectivity index (χ0v) is 40.8. The molecule has 2 heteroatoms. The van der Waals surface area contributed by atoms with Crippen LogP contribution < -0.4 is 9.80 Å². The van der Waals surface area contributed by atoms with Gasteiger partial charge in [0, 0.05) is 33.5 Å². The Morgan fingerprint density at radius 2 is 0.746 bits per heavy atom. The fourth-order valence-electron chi connectivity index (χ4n) is 12.9. The molecule has 4 aliphatic rings. The van der Waals surface area contributed by atoms with Gasteiger partial charge >= 0.3 is 0 Å². The standard InChI is InChI=1S/C65H68N2/c1-6-44-17-19-52-37-56(27-23-50(52)33-44)66(54-25-21-46-12-8-10-14-48(46)35-54)64-40-61-59-31-42(4)43(5)32-63(59)65(39-60(61)58-29-16-41(3)30-62(58)64)67(55-26-22-47-13-9-11-15-49(47)36-55)57-28-24-51-34-45(7-2)18-20-53(51)38-57/h16,21-32,35-40,44-45H,6-15,17-20,33-34H2,1-5H3. The zero-order chi connectivity index (χ0) is 45.3. The van der Waals surface area contributed by atoms with E-state index in [9.17, 15) is 0 Å². The topological polar surface area (TPSA) is 6.48 Å². The van der Waals surface area contributed by atoms with Crippen molar-refractivity contribution in [2.24, 2.45) is 11.8 Å². The number of rotatable bonds is 8. The summed E-state index contributed by atoms with van der Waals surface area (Å²) in [6, 6.07) is 47.2. The highest BCUT2D eigenvalue weighted by molar-refractivity contribution is 6.25. The van der Waals surface area contributed by atoms with Gasteiger partial charge in [-0.25, -0.2) is 0 Å². The second kappa shape index (κ2) is 17.3. The van der Waals surface area contributed by atoms with Crippen LogP contribution in [-0.2, 0) is 51.4 Å². The maximum Gasteiger partial charge on any atom is 0.0546 e. The van der Waals surface area contributed by atoms with Crippen LogP contribution in [0.15, 0.2) is 115 Å². The quantitative estimate of drug-likeness (QED) is 0.140. The first-order valence-corrected chi connectivity index (χ1v) is 26.3. The van der Waals surface area contributed by atoms with Gasteiger partial charge in [-0.15, -0.1) is 0 Å². The lowest BCUT2D eigenvalue weighted by Gasteiger charge is -2.32. The summed E-state index contributed by atoms with van der Waals surface area (Å²) in [5.41, 5.74) is 23.8. The highest BCUT2D eigenvalue weighted by Crippen LogP contribution is 2.50. The van der Waals surface area contributed by atoms with Crippen molar-refractivity contribution in [1.29, 1.82) is 0 Å². The van der Waals surface area contributed by atoms with Gasteiger partial charge in [0.25, 0.3) is 0 Å². The third-order valence-corrected chi connectivity index (χ3v) is 17.2. The van der Waals surface area contributed by atoms with Crippen LogP contribution in [0.3, 0.4) is 0 Å². The van der Waals surface area contributed by atoms with E-state index >= 15 is 0 Å². The van der Waals surface area contributed by atoms with Crippen LogP contribution in [0, 0.1) is 32.6 Å². The minimum absolute atomic E-state index is 0.788. The van der Waals surface area contributed by atoms with Crippen molar-refractivity contribution >= 4 is 66.4 Å². The van der Waals surface area contributed by atoms with E-state index in [2.05, 4.69) is 160 Å². The SMILES string of the molecule is CCC1CCc2cc(N(c3ccc4c(c3)CCCC4)c3cc4c5cc(C)c(C)cc5c(N(c5ccc6c(c5)CCCC6)c5ccc6c(c5)CCC(CC)C6)cc4c4ccc(C)cc34)ccc2C1. The van der Waals surface area contributed by atoms with E-state index in [1.165, 1.54) is 194 Å². The molecule has 67 heavy (non-hydrogen) atoms. The molecule has 0 aliphatic heterocycles. The lowest BCUT2D eigenvalue weighted by atomic mass is 9.82. The largest absolute Gasteiger partial charge is 0.310 e. The molecule has 0 N–H and O–H groups in total. The van der Waals surface area contributed by atoms with Crippen molar-refractivity contribution in [3.05, 3.63) is 176 Å². The predicted octanol–water partition coefficient (Wildman–Crippen LogP) is 17.8. The van der Waals surface area contributed by atoms with Gasteiger partial charge in [-0.1, -0.05) is 74.7 Å². The molecule has 0 fully saturated rings. The van der Waals surface area contributed by atoms with Gasteiger partial charge in [-0.05, 0) is 272 Å². The summed E-state index contributed by atoms with van der Waals surface area (Å²) in [5, 5.41) is 7.90. The molecule has 0 aromatic heterocycles. The van der Waals surface area contributed by atoms with Crippen LogP contribution in [0.5, 0.6) is 0 Å². The van der Waals surface area contributed by atoms with Crippen LogP contribution in [0.25, 0.3) is 32.3 Å². The summed E-state index contributed by atoms with van der Waals surface area (Å²) in [4.78, 5) is 5.28. The van der Waals surface area contributed by atoms with E-state index in [4.69, 9.17) is 0 Å². The molecule has 338 valence electrons. The molecule has 0 saturated carbocycles. The molecule has 0 radical (unpaired) electrons. The third kappa shape index (κ3) is 7.64. The van der Waals surface area contributed by atoms with Crippen molar-refractivity contribution in [1.82, 2.24) is 0 Å². The summed E-state index contributed by atoms with van der Waals surface area (Å²) in [6.07, 6.45) is 19.6. The Morgan fingerprint density at radius 1 is 0.358 bits per heavy atom. The minimum Gasteiger partial charge on any atom is -0.310 e. The van der Waals surface area contributed by atoms with E-state index in [1.54, 1.807) is 11.1 Å².